The van der Waals surface area contributed by atoms with Crippen LogP contribution in [0.4, 0.5) is 26.3 Å². The Kier molecular flexibility index (Phi) is 7.17. The Bertz CT molecular complexity index is 995. The molecule has 0 radical (unpaired) electrons. The first kappa shape index (κ1) is 25.5. The molecule has 1 nitrogen and oxygen atoms in total. The zero-order valence-electron chi connectivity index (χ0n) is 17.6. The van der Waals surface area contributed by atoms with Crippen LogP contribution in [-0.2, 0) is 10.9 Å². The highest BCUT2D eigenvalue weighted by Crippen LogP contribution is 2.55. The molecule has 0 aliphatic heterocycles. The molecule has 0 atom stereocenters. The van der Waals surface area contributed by atoms with E-state index in [4.69, 9.17) is 0 Å². The number of thioether (sulfide) groups is 1. The Hall–Kier alpha value is -2.10. The van der Waals surface area contributed by atoms with Crippen LogP contribution >= 0.6 is 11.8 Å². The Balaban J connectivity index is 1.96. The van der Waals surface area contributed by atoms with Crippen molar-refractivity contribution in [1.82, 2.24) is 0 Å². The number of aliphatic hydroxyl groups is 1. The van der Waals surface area contributed by atoms with Gasteiger partial charge in [-0.25, -0.2) is 0 Å². The van der Waals surface area contributed by atoms with Gasteiger partial charge in [0.05, 0.1) is 15.6 Å². The van der Waals surface area contributed by atoms with Crippen molar-refractivity contribution in [2.75, 3.05) is 0 Å². The average Bonchev–Trinajstić information content (AvgIpc) is 2.74. The minimum atomic E-state index is -5.89. The van der Waals surface area contributed by atoms with Gasteiger partial charge in [-0.2, -0.15) is 26.3 Å². The third-order valence-corrected chi connectivity index (χ3v) is 8.63. The molecule has 9 heteroatoms. The summed E-state index contributed by atoms with van der Waals surface area (Å²) in [6.45, 7) is 1.48. The van der Waals surface area contributed by atoms with E-state index in [0.717, 1.165) is 28.5 Å². The second-order valence-corrected chi connectivity index (χ2v) is 11.4. The predicted molar refractivity (Wildman–Crippen MR) is 118 cm³/mol. The molecule has 0 spiro atoms. The lowest BCUT2D eigenvalue weighted by Crippen LogP contribution is -2.67. The minimum absolute atomic E-state index is 0.181. The van der Waals surface area contributed by atoms with E-state index in [0.29, 0.717) is 11.8 Å². The van der Waals surface area contributed by atoms with Gasteiger partial charge < -0.3 is 5.11 Å². The van der Waals surface area contributed by atoms with E-state index < -0.39 is 33.6 Å². The second kappa shape index (κ2) is 9.27. The van der Waals surface area contributed by atoms with Gasteiger partial charge in [-0.05, 0) is 62.4 Å². The molecule has 0 fully saturated rings. The summed E-state index contributed by atoms with van der Waals surface area (Å²) in [5, 5.41) is 9.84. The summed E-state index contributed by atoms with van der Waals surface area (Å²) in [6, 6.07) is 25.6. The lowest BCUT2D eigenvalue weighted by atomic mass is 9.88. The molecule has 176 valence electrons. The number of alkyl halides is 6. The highest BCUT2D eigenvalue weighted by molar-refractivity contribution is 8.00. The predicted octanol–water partition coefficient (Wildman–Crippen LogP) is 7.51. The monoisotopic (exact) mass is 503 g/mol. The summed E-state index contributed by atoms with van der Waals surface area (Å²) in [5.41, 5.74) is -4.88. The normalized spacial score (nSPS) is 13.4. The summed E-state index contributed by atoms with van der Waals surface area (Å²) in [5.74, 6) is 0. The minimum Gasteiger partial charge on any atom is -0.373 e. The molecule has 0 amide bonds. The van der Waals surface area contributed by atoms with Crippen molar-refractivity contribution >= 4 is 22.7 Å². The van der Waals surface area contributed by atoms with Gasteiger partial charge in [0.2, 0.25) is 0 Å². The molecule has 33 heavy (non-hydrogen) atoms. The van der Waals surface area contributed by atoms with Gasteiger partial charge in [-0.15, -0.1) is 11.8 Å². The van der Waals surface area contributed by atoms with Crippen molar-refractivity contribution in [2.45, 2.75) is 56.1 Å². The first-order valence-electron chi connectivity index (χ1n) is 9.77. The molecule has 3 aromatic rings. The maximum absolute atomic E-state index is 13.4. The quantitative estimate of drug-likeness (QED) is 0.213. The van der Waals surface area contributed by atoms with Crippen LogP contribution in [0.15, 0.2) is 105 Å². The van der Waals surface area contributed by atoms with Gasteiger partial charge in [0.15, 0.2) is 14.7 Å². The summed E-state index contributed by atoms with van der Waals surface area (Å²) < 4.78 is 77.5. The third kappa shape index (κ3) is 5.05. The molecule has 3 rings (SSSR count). The maximum atomic E-state index is 13.4. The molecule has 0 bridgehead atoms. The van der Waals surface area contributed by atoms with E-state index in [2.05, 4.69) is 0 Å². The molecule has 1 N–H and O–H groups in total. The van der Waals surface area contributed by atoms with Crippen molar-refractivity contribution in [3.8, 4) is 0 Å². The first-order chi connectivity index (χ1) is 15.3. The van der Waals surface area contributed by atoms with Crippen LogP contribution in [0, 0.1) is 0 Å². The molecule has 0 heterocycles. The molecule has 0 saturated heterocycles. The van der Waals surface area contributed by atoms with Crippen molar-refractivity contribution in [3.63, 3.8) is 0 Å². The molecule has 0 saturated carbocycles. The lowest BCUT2D eigenvalue weighted by Gasteiger charge is -2.43. The Morgan fingerprint density at radius 1 is 0.606 bits per heavy atom. The van der Waals surface area contributed by atoms with Crippen molar-refractivity contribution < 1.29 is 31.4 Å². The van der Waals surface area contributed by atoms with Crippen LogP contribution < -0.4 is 0 Å². The van der Waals surface area contributed by atoms with Crippen LogP contribution in [0.25, 0.3) is 0 Å². The summed E-state index contributed by atoms with van der Waals surface area (Å²) >= 11 is 0.332. The molecule has 3 aromatic carbocycles. The number of halogens is 6. The molecular weight excluding hydrogens is 482 g/mol. The number of hydrogen-bond donors (Lipinski definition) is 1. The maximum Gasteiger partial charge on any atom is 0.427 e. The van der Waals surface area contributed by atoms with Crippen molar-refractivity contribution in [3.05, 3.63) is 84.9 Å². The molecule has 0 aliphatic carbocycles. The van der Waals surface area contributed by atoms with E-state index in [9.17, 15) is 31.4 Å². The standard InChI is InChI=1S/C24H21F6OS2/c1-21(2,22(31,23(25,26)27)24(28,29)30)32-17-13-15-20(16-14-17)33(18-9-5-3-6-10-18)19-11-7-4-8-12-19/h3-16,31H,1-2H3/q+1. The van der Waals surface area contributed by atoms with E-state index >= 15 is 0 Å². The highest BCUT2D eigenvalue weighted by atomic mass is 32.2. The number of hydrogen-bond acceptors (Lipinski definition) is 2. The second-order valence-electron chi connectivity index (χ2n) is 7.72. The Morgan fingerprint density at radius 3 is 1.33 bits per heavy atom. The average molecular weight is 504 g/mol. The Labute approximate surface area is 195 Å². The number of rotatable bonds is 6. The molecule has 0 aliphatic rings. The van der Waals surface area contributed by atoms with Crippen LogP contribution in [-0.4, -0.2) is 27.8 Å². The van der Waals surface area contributed by atoms with Gasteiger partial charge in [-0.1, -0.05) is 36.4 Å². The van der Waals surface area contributed by atoms with E-state index in [1.807, 2.05) is 60.7 Å². The van der Waals surface area contributed by atoms with Crippen molar-refractivity contribution in [2.24, 2.45) is 0 Å². The zero-order chi connectivity index (χ0) is 24.5. The third-order valence-electron chi connectivity index (χ3n) is 5.08. The van der Waals surface area contributed by atoms with Gasteiger partial charge in [0.25, 0.3) is 5.60 Å². The molecular formula is C24H21F6OS2+. The van der Waals surface area contributed by atoms with Gasteiger partial charge >= 0.3 is 12.4 Å². The van der Waals surface area contributed by atoms with E-state index in [1.54, 1.807) is 12.1 Å². The number of benzene rings is 3. The largest absolute Gasteiger partial charge is 0.427 e. The first-order valence-corrected chi connectivity index (χ1v) is 11.8. The highest BCUT2D eigenvalue weighted by Gasteiger charge is 2.77. The smallest absolute Gasteiger partial charge is 0.373 e. The van der Waals surface area contributed by atoms with Crippen LogP contribution in [0.2, 0.25) is 0 Å². The molecule has 0 unspecified atom stereocenters. The van der Waals surface area contributed by atoms with Gasteiger partial charge in [0, 0.05) is 4.90 Å². The summed E-state index contributed by atoms with van der Waals surface area (Å²) in [6.07, 6.45) is -11.8. The molecule has 0 aromatic heterocycles. The SMILES string of the molecule is CC(C)(Sc1ccc([S+](c2ccccc2)c2ccccc2)cc1)C(O)(C(F)(F)F)C(F)(F)F. The lowest BCUT2D eigenvalue weighted by molar-refractivity contribution is -0.375. The topological polar surface area (TPSA) is 20.2 Å². The van der Waals surface area contributed by atoms with Crippen LogP contribution in [0.3, 0.4) is 0 Å². The van der Waals surface area contributed by atoms with Gasteiger partial charge in [-0.3, -0.25) is 0 Å². The Morgan fingerprint density at radius 2 is 0.970 bits per heavy atom. The van der Waals surface area contributed by atoms with E-state index in [1.165, 1.54) is 12.1 Å². The van der Waals surface area contributed by atoms with Crippen molar-refractivity contribution in [1.29, 1.82) is 0 Å². The van der Waals surface area contributed by atoms with Gasteiger partial charge in [0.1, 0.15) is 0 Å². The summed E-state index contributed by atoms with van der Waals surface area (Å²) in [4.78, 5) is 3.08. The fourth-order valence-electron chi connectivity index (χ4n) is 3.38. The fraction of sp³-hybridized carbons (Fsp3) is 0.250. The zero-order valence-corrected chi connectivity index (χ0v) is 19.2. The van der Waals surface area contributed by atoms with Crippen LogP contribution in [0.1, 0.15) is 13.8 Å². The van der Waals surface area contributed by atoms with Crippen LogP contribution in [0.5, 0.6) is 0 Å². The van der Waals surface area contributed by atoms with E-state index in [-0.39, 0.29) is 4.90 Å². The summed E-state index contributed by atoms with van der Waals surface area (Å²) in [7, 11) is -0.510. The fourth-order valence-corrected chi connectivity index (χ4v) is 6.70.